The first-order valence-electron chi connectivity index (χ1n) is 9.95. The van der Waals surface area contributed by atoms with Gasteiger partial charge in [-0.2, -0.15) is 0 Å². The summed E-state index contributed by atoms with van der Waals surface area (Å²) in [5.41, 5.74) is 1.95. The van der Waals surface area contributed by atoms with Crippen molar-refractivity contribution < 1.29 is 14.0 Å². The van der Waals surface area contributed by atoms with Gasteiger partial charge in [0.05, 0.1) is 6.04 Å². The van der Waals surface area contributed by atoms with E-state index in [4.69, 9.17) is 11.6 Å². The van der Waals surface area contributed by atoms with Gasteiger partial charge in [0.2, 0.25) is 11.8 Å². The lowest BCUT2D eigenvalue weighted by Gasteiger charge is -2.29. The van der Waals surface area contributed by atoms with Crippen molar-refractivity contribution in [1.29, 1.82) is 0 Å². The van der Waals surface area contributed by atoms with E-state index in [0.29, 0.717) is 16.3 Å². The highest BCUT2D eigenvalue weighted by atomic mass is 35.5. The fraction of sp³-hybridized carbons (Fsp3) is 0.304. The second-order valence-corrected chi connectivity index (χ2v) is 7.68. The van der Waals surface area contributed by atoms with Crippen molar-refractivity contribution in [3.05, 3.63) is 70.5 Å². The fourth-order valence-electron chi connectivity index (χ4n) is 3.60. The molecule has 0 aliphatic carbocycles. The SMILES string of the molecule is CC(=O)Nc1ccc(/C=C/C(=O)NCC(c2c(F)cccc2Cl)N2CCCC2)cc1. The van der Waals surface area contributed by atoms with Crippen LogP contribution < -0.4 is 10.6 Å². The molecule has 0 aromatic heterocycles. The minimum absolute atomic E-state index is 0.139. The quantitative estimate of drug-likeness (QED) is 0.641. The molecule has 1 atom stereocenters. The molecule has 1 fully saturated rings. The number of hydrogen-bond donors (Lipinski definition) is 2. The van der Waals surface area contributed by atoms with E-state index in [9.17, 15) is 14.0 Å². The van der Waals surface area contributed by atoms with Gasteiger partial charge in [-0.25, -0.2) is 4.39 Å². The van der Waals surface area contributed by atoms with Gasteiger partial charge in [-0.15, -0.1) is 0 Å². The van der Waals surface area contributed by atoms with E-state index in [-0.39, 0.29) is 30.2 Å². The molecule has 0 bridgehead atoms. The number of carbonyl (C=O) groups excluding carboxylic acids is 2. The van der Waals surface area contributed by atoms with Crippen molar-refractivity contribution in [3.63, 3.8) is 0 Å². The van der Waals surface area contributed by atoms with Crippen molar-refractivity contribution in [2.75, 3.05) is 25.0 Å². The topological polar surface area (TPSA) is 61.4 Å². The number of rotatable bonds is 7. The Balaban J connectivity index is 1.64. The molecule has 1 unspecified atom stereocenters. The molecule has 2 N–H and O–H groups in total. The number of hydrogen-bond acceptors (Lipinski definition) is 3. The number of benzene rings is 2. The van der Waals surface area contributed by atoms with E-state index in [1.807, 2.05) is 0 Å². The average molecular weight is 430 g/mol. The molecule has 158 valence electrons. The molecule has 1 saturated heterocycles. The molecule has 0 saturated carbocycles. The van der Waals surface area contributed by atoms with Crippen molar-refractivity contribution in [1.82, 2.24) is 10.2 Å². The van der Waals surface area contributed by atoms with Gasteiger partial charge in [-0.1, -0.05) is 29.8 Å². The fourth-order valence-corrected chi connectivity index (χ4v) is 3.89. The third kappa shape index (κ3) is 5.90. The van der Waals surface area contributed by atoms with Crippen LogP contribution in [-0.4, -0.2) is 36.3 Å². The number of anilines is 1. The van der Waals surface area contributed by atoms with Gasteiger partial charge >= 0.3 is 0 Å². The van der Waals surface area contributed by atoms with E-state index in [2.05, 4.69) is 15.5 Å². The molecule has 0 spiro atoms. The Kier molecular flexibility index (Phi) is 7.60. The summed E-state index contributed by atoms with van der Waals surface area (Å²) < 4.78 is 14.5. The van der Waals surface area contributed by atoms with Gasteiger partial charge in [-0.3, -0.25) is 14.5 Å². The molecule has 5 nitrogen and oxygen atoms in total. The molecule has 2 aromatic rings. The van der Waals surface area contributed by atoms with Gasteiger partial charge in [-0.05, 0) is 61.8 Å². The van der Waals surface area contributed by atoms with Crippen LogP contribution in [0.25, 0.3) is 6.08 Å². The Morgan fingerprint density at radius 3 is 2.50 bits per heavy atom. The molecule has 7 heteroatoms. The van der Waals surface area contributed by atoms with Crippen LogP contribution in [0.5, 0.6) is 0 Å². The second-order valence-electron chi connectivity index (χ2n) is 7.28. The van der Waals surface area contributed by atoms with Crippen LogP contribution in [0, 0.1) is 5.82 Å². The number of nitrogens with one attached hydrogen (secondary N) is 2. The van der Waals surface area contributed by atoms with Crippen LogP contribution in [0.3, 0.4) is 0 Å². The Morgan fingerprint density at radius 2 is 1.87 bits per heavy atom. The zero-order chi connectivity index (χ0) is 21.5. The Bertz CT molecular complexity index is 904. The summed E-state index contributed by atoms with van der Waals surface area (Å²) in [5, 5.41) is 5.93. The zero-order valence-electron chi connectivity index (χ0n) is 16.8. The standard InChI is InChI=1S/C23H25ClFN3O2/c1-16(29)27-18-10-7-17(8-11-18)9-12-22(30)26-15-21(28-13-2-3-14-28)23-19(24)5-4-6-20(23)25/h4-12,21H,2-3,13-15H2,1H3,(H,26,30)(H,27,29)/b12-9+. The van der Waals surface area contributed by atoms with E-state index < -0.39 is 0 Å². The van der Waals surface area contributed by atoms with Crippen molar-refractivity contribution in [3.8, 4) is 0 Å². The van der Waals surface area contributed by atoms with Gasteiger partial charge in [0.25, 0.3) is 0 Å². The molecule has 1 heterocycles. The smallest absolute Gasteiger partial charge is 0.244 e. The predicted molar refractivity (Wildman–Crippen MR) is 118 cm³/mol. The molecular formula is C23H25ClFN3O2. The molecule has 30 heavy (non-hydrogen) atoms. The van der Waals surface area contributed by atoms with E-state index in [1.165, 1.54) is 19.1 Å². The summed E-state index contributed by atoms with van der Waals surface area (Å²) in [6.07, 6.45) is 5.22. The van der Waals surface area contributed by atoms with Gasteiger partial charge < -0.3 is 10.6 Å². The van der Waals surface area contributed by atoms with E-state index in [1.54, 1.807) is 42.5 Å². The normalized spacial score (nSPS) is 15.3. The molecule has 0 radical (unpaired) electrons. The number of carbonyl (C=O) groups is 2. The highest BCUT2D eigenvalue weighted by Crippen LogP contribution is 2.31. The second kappa shape index (κ2) is 10.4. The summed E-state index contributed by atoms with van der Waals surface area (Å²) in [4.78, 5) is 25.6. The molecule has 1 aliphatic heterocycles. The predicted octanol–water partition coefficient (Wildman–Crippen LogP) is 4.40. The van der Waals surface area contributed by atoms with Gasteiger partial charge in [0.15, 0.2) is 0 Å². The van der Waals surface area contributed by atoms with Crippen LogP contribution in [0.1, 0.15) is 36.9 Å². The molecular weight excluding hydrogens is 405 g/mol. The summed E-state index contributed by atoms with van der Waals surface area (Å²) in [7, 11) is 0. The Labute approximate surface area is 180 Å². The van der Waals surface area contributed by atoms with Gasteiger partial charge in [0, 0.05) is 35.8 Å². The van der Waals surface area contributed by atoms with Crippen molar-refractivity contribution >= 4 is 35.2 Å². The number of amides is 2. The van der Waals surface area contributed by atoms with E-state index >= 15 is 0 Å². The lowest BCUT2D eigenvalue weighted by Crippen LogP contribution is -2.36. The van der Waals surface area contributed by atoms with Crippen LogP contribution in [-0.2, 0) is 9.59 Å². The molecule has 2 aromatic carbocycles. The van der Waals surface area contributed by atoms with Crippen LogP contribution in [0.15, 0.2) is 48.5 Å². The summed E-state index contributed by atoms with van der Waals surface area (Å²) >= 11 is 6.28. The zero-order valence-corrected chi connectivity index (χ0v) is 17.6. The maximum Gasteiger partial charge on any atom is 0.244 e. The minimum Gasteiger partial charge on any atom is -0.351 e. The third-order valence-electron chi connectivity index (χ3n) is 5.04. The van der Waals surface area contributed by atoms with Crippen LogP contribution >= 0.6 is 11.6 Å². The van der Waals surface area contributed by atoms with Crippen molar-refractivity contribution in [2.24, 2.45) is 0 Å². The van der Waals surface area contributed by atoms with Crippen LogP contribution in [0.4, 0.5) is 10.1 Å². The maximum atomic E-state index is 14.5. The third-order valence-corrected chi connectivity index (χ3v) is 5.37. The summed E-state index contributed by atoms with van der Waals surface area (Å²) in [6.45, 7) is 3.41. The minimum atomic E-state index is -0.358. The van der Waals surface area contributed by atoms with Gasteiger partial charge in [0.1, 0.15) is 5.82 Å². The number of likely N-dealkylation sites (tertiary alicyclic amines) is 1. The molecule has 1 aliphatic rings. The van der Waals surface area contributed by atoms with E-state index in [0.717, 1.165) is 31.5 Å². The highest BCUT2D eigenvalue weighted by molar-refractivity contribution is 6.31. The lowest BCUT2D eigenvalue weighted by atomic mass is 10.0. The first-order valence-corrected chi connectivity index (χ1v) is 10.3. The number of halogens is 2. The maximum absolute atomic E-state index is 14.5. The monoisotopic (exact) mass is 429 g/mol. The average Bonchev–Trinajstić information content (AvgIpc) is 3.23. The highest BCUT2D eigenvalue weighted by Gasteiger charge is 2.27. The largest absolute Gasteiger partial charge is 0.351 e. The first kappa shape index (κ1) is 22.0. The summed E-state index contributed by atoms with van der Waals surface area (Å²) in [5.74, 6) is -0.763. The van der Waals surface area contributed by atoms with Crippen LogP contribution in [0.2, 0.25) is 5.02 Å². The van der Waals surface area contributed by atoms with Crippen molar-refractivity contribution in [2.45, 2.75) is 25.8 Å². The number of nitrogens with zero attached hydrogens (tertiary/aromatic N) is 1. The molecule has 3 rings (SSSR count). The Morgan fingerprint density at radius 1 is 1.17 bits per heavy atom. The first-order chi connectivity index (χ1) is 14.4. The molecule has 2 amide bonds. The summed E-state index contributed by atoms with van der Waals surface area (Å²) in [6, 6.07) is 11.5. The lowest BCUT2D eigenvalue weighted by molar-refractivity contribution is -0.116. The Hall–Kier alpha value is -2.70.